The molecule has 5 rings (SSSR count). The molecule has 0 atom stereocenters. The van der Waals surface area contributed by atoms with Gasteiger partial charge in [-0.25, -0.2) is 14.3 Å². The van der Waals surface area contributed by atoms with Gasteiger partial charge in [-0.15, -0.1) is 5.10 Å². The van der Waals surface area contributed by atoms with Gasteiger partial charge in [0.25, 0.3) is 11.8 Å². The molecule has 0 aliphatic heterocycles. The standard InChI is InChI=1S/C27H21Cl3N8O2/c1-15-10-18(29)11-20(26(39)31-2)24(15)33-27(40)23-12-19(35-38(23)25-21(30)4-3-9-32-25)13-37-14-22(34-36-37)16-5-7-17(28)8-6-16/h3-12,14H,13H2,1-2H3,(H,31,39)(H,33,40). The van der Waals surface area contributed by atoms with Crippen LogP contribution in [-0.4, -0.2) is 48.6 Å². The molecule has 202 valence electrons. The summed E-state index contributed by atoms with van der Waals surface area (Å²) in [5, 5.41) is 19.7. The molecule has 0 unspecified atom stereocenters. The van der Waals surface area contributed by atoms with Gasteiger partial charge in [-0.05, 0) is 55.0 Å². The predicted molar refractivity (Wildman–Crippen MR) is 153 cm³/mol. The predicted octanol–water partition coefficient (Wildman–Crippen LogP) is 5.45. The maximum Gasteiger partial charge on any atom is 0.274 e. The number of anilines is 1. The number of rotatable bonds is 7. The Morgan fingerprint density at radius 3 is 2.48 bits per heavy atom. The van der Waals surface area contributed by atoms with Crippen molar-refractivity contribution >= 4 is 52.3 Å². The highest BCUT2D eigenvalue weighted by Gasteiger charge is 2.23. The van der Waals surface area contributed by atoms with Crippen LogP contribution >= 0.6 is 34.8 Å². The zero-order valence-electron chi connectivity index (χ0n) is 21.2. The molecule has 13 heteroatoms. The first-order chi connectivity index (χ1) is 19.2. The van der Waals surface area contributed by atoms with Crippen LogP contribution in [0.3, 0.4) is 0 Å². The van der Waals surface area contributed by atoms with Gasteiger partial charge in [0.05, 0.1) is 34.7 Å². The van der Waals surface area contributed by atoms with E-state index in [0.29, 0.717) is 37.7 Å². The summed E-state index contributed by atoms with van der Waals surface area (Å²) in [7, 11) is 1.50. The van der Waals surface area contributed by atoms with E-state index in [4.69, 9.17) is 34.8 Å². The number of halogens is 3. The topological polar surface area (TPSA) is 120 Å². The lowest BCUT2D eigenvalue weighted by molar-refractivity contribution is 0.0964. The number of amides is 2. The lowest BCUT2D eigenvalue weighted by atomic mass is 10.1. The number of aromatic nitrogens is 6. The highest BCUT2D eigenvalue weighted by atomic mass is 35.5. The van der Waals surface area contributed by atoms with Crippen molar-refractivity contribution in [2.75, 3.05) is 12.4 Å². The SMILES string of the molecule is CNC(=O)c1cc(Cl)cc(C)c1NC(=O)c1cc(Cn2cc(-c3ccc(Cl)cc3)nn2)nn1-c1ncccc1Cl. The third-order valence-corrected chi connectivity index (χ3v) is 6.71. The van der Waals surface area contributed by atoms with E-state index < -0.39 is 11.8 Å². The molecule has 0 aliphatic carbocycles. The number of hydrogen-bond acceptors (Lipinski definition) is 6. The van der Waals surface area contributed by atoms with Crippen molar-refractivity contribution in [3.05, 3.63) is 105 Å². The van der Waals surface area contributed by atoms with E-state index >= 15 is 0 Å². The van der Waals surface area contributed by atoms with E-state index in [1.165, 1.54) is 17.8 Å². The zero-order valence-corrected chi connectivity index (χ0v) is 23.5. The van der Waals surface area contributed by atoms with Crippen molar-refractivity contribution in [2.45, 2.75) is 13.5 Å². The smallest absolute Gasteiger partial charge is 0.274 e. The summed E-state index contributed by atoms with van der Waals surface area (Å²) in [6.07, 6.45) is 3.32. The van der Waals surface area contributed by atoms with Gasteiger partial charge in [0.15, 0.2) is 5.82 Å². The number of carbonyl (C=O) groups excluding carboxylic acids is 2. The van der Waals surface area contributed by atoms with Crippen LogP contribution in [0.1, 0.15) is 32.1 Å². The van der Waals surface area contributed by atoms with Gasteiger partial charge in [0.1, 0.15) is 11.4 Å². The van der Waals surface area contributed by atoms with Crippen LogP contribution < -0.4 is 10.6 Å². The molecule has 2 amide bonds. The van der Waals surface area contributed by atoms with E-state index in [0.717, 1.165) is 5.56 Å². The second-order valence-electron chi connectivity index (χ2n) is 8.73. The average molecular weight is 596 g/mol. The Balaban J connectivity index is 1.51. The third kappa shape index (κ3) is 5.69. The maximum absolute atomic E-state index is 13.6. The van der Waals surface area contributed by atoms with Crippen LogP contribution in [0.2, 0.25) is 15.1 Å². The second kappa shape index (κ2) is 11.5. The van der Waals surface area contributed by atoms with Crippen LogP contribution in [0.15, 0.2) is 67.0 Å². The van der Waals surface area contributed by atoms with Gasteiger partial charge in [-0.2, -0.15) is 5.10 Å². The van der Waals surface area contributed by atoms with Crippen LogP contribution in [0.5, 0.6) is 0 Å². The number of pyridine rings is 1. The fourth-order valence-corrected chi connectivity index (χ4v) is 4.66. The van der Waals surface area contributed by atoms with Gasteiger partial charge < -0.3 is 10.6 Å². The molecule has 0 aliphatic rings. The Bertz CT molecular complexity index is 1730. The minimum absolute atomic E-state index is 0.144. The van der Waals surface area contributed by atoms with E-state index in [-0.39, 0.29) is 23.6 Å². The lowest BCUT2D eigenvalue weighted by Gasteiger charge is -2.14. The molecule has 0 saturated heterocycles. The van der Waals surface area contributed by atoms with Gasteiger partial charge in [-0.3, -0.25) is 9.59 Å². The molecule has 3 heterocycles. The van der Waals surface area contributed by atoms with Crippen molar-refractivity contribution in [2.24, 2.45) is 0 Å². The third-order valence-electron chi connectivity index (χ3n) is 5.95. The van der Waals surface area contributed by atoms with Gasteiger partial charge in [0, 0.05) is 28.9 Å². The molecular formula is C27H21Cl3N8O2. The van der Waals surface area contributed by atoms with E-state index in [1.54, 1.807) is 60.4 Å². The monoisotopic (exact) mass is 594 g/mol. The first-order valence-corrected chi connectivity index (χ1v) is 13.1. The van der Waals surface area contributed by atoms with Crippen LogP contribution in [-0.2, 0) is 6.54 Å². The number of aryl methyl sites for hydroxylation is 1. The zero-order chi connectivity index (χ0) is 28.4. The highest BCUT2D eigenvalue weighted by Crippen LogP contribution is 2.27. The van der Waals surface area contributed by atoms with Crippen LogP contribution in [0, 0.1) is 6.92 Å². The minimum Gasteiger partial charge on any atom is -0.355 e. The molecule has 0 saturated carbocycles. The fourth-order valence-electron chi connectivity index (χ4n) is 4.06. The normalized spacial score (nSPS) is 10.9. The first-order valence-electron chi connectivity index (χ1n) is 11.9. The molecule has 10 nitrogen and oxygen atoms in total. The number of carbonyl (C=O) groups is 2. The Morgan fingerprint density at radius 1 is 0.975 bits per heavy atom. The lowest BCUT2D eigenvalue weighted by Crippen LogP contribution is -2.23. The second-order valence-corrected chi connectivity index (χ2v) is 10.0. The average Bonchev–Trinajstić information content (AvgIpc) is 3.58. The first kappa shape index (κ1) is 27.3. The van der Waals surface area contributed by atoms with E-state index in [2.05, 4.69) is 31.0 Å². The number of hydrogen-bond donors (Lipinski definition) is 2. The number of benzene rings is 2. The molecule has 3 aromatic heterocycles. The molecular weight excluding hydrogens is 575 g/mol. The summed E-state index contributed by atoms with van der Waals surface area (Å²) in [6, 6.07) is 15.3. The van der Waals surface area contributed by atoms with Gasteiger partial charge in [0.2, 0.25) is 0 Å². The Hall–Kier alpha value is -4.25. The molecule has 5 aromatic rings. The van der Waals surface area contributed by atoms with E-state index in [9.17, 15) is 9.59 Å². The summed E-state index contributed by atoms with van der Waals surface area (Å²) < 4.78 is 2.96. The molecule has 40 heavy (non-hydrogen) atoms. The van der Waals surface area contributed by atoms with Crippen molar-refractivity contribution in [1.82, 2.24) is 35.1 Å². The summed E-state index contributed by atoms with van der Waals surface area (Å²) in [5.74, 6) is -0.664. The van der Waals surface area contributed by atoms with Gasteiger partial charge in [-0.1, -0.05) is 52.1 Å². The number of nitrogens with one attached hydrogen (secondary N) is 2. The van der Waals surface area contributed by atoms with Crippen molar-refractivity contribution in [3.8, 4) is 17.1 Å². The Morgan fingerprint density at radius 2 is 1.75 bits per heavy atom. The molecule has 0 bridgehead atoms. The van der Waals surface area contributed by atoms with Crippen LogP contribution in [0.25, 0.3) is 17.1 Å². The fraction of sp³-hybridized carbons (Fsp3) is 0.111. The largest absolute Gasteiger partial charge is 0.355 e. The quantitative estimate of drug-likeness (QED) is 0.258. The van der Waals surface area contributed by atoms with E-state index in [1.807, 2.05) is 12.1 Å². The Labute approximate surface area is 243 Å². The highest BCUT2D eigenvalue weighted by molar-refractivity contribution is 6.32. The van der Waals surface area contributed by atoms with Crippen molar-refractivity contribution in [1.29, 1.82) is 0 Å². The summed E-state index contributed by atoms with van der Waals surface area (Å²) in [5.41, 5.74) is 3.30. The van der Waals surface area contributed by atoms with Gasteiger partial charge >= 0.3 is 0 Å². The number of nitrogens with zero attached hydrogens (tertiary/aromatic N) is 6. The molecule has 0 fully saturated rings. The molecule has 2 aromatic carbocycles. The summed E-state index contributed by atoms with van der Waals surface area (Å²) >= 11 is 18.6. The van der Waals surface area contributed by atoms with Crippen molar-refractivity contribution in [3.63, 3.8) is 0 Å². The molecule has 0 radical (unpaired) electrons. The summed E-state index contributed by atoms with van der Waals surface area (Å²) in [6.45, 7) is 1.96. The van der Waals surface area contributed by atoms with Crippen LogP contribution in [0.4, 0.5) is 5.69 Å². The van der Waals surface area contributed by atoms with Crippen molar-refractivity contribution < 1.29 is 9.59 Å². The minimum atomic E-state index is -0.531. The maximum atomic E-state index is 13.6. The Kier molecular flexibility index (Phi) is 7.83. The molecule has 0 spiro atoms. The summed E-state index contributed by atoms with van der Waals surface area (Å²) in [4.78, 5) is 30.5. The molecule has 2 N–H and O–H groups in total.